The van der Waals surface area contributed by atoms with E-state index in [4.69, 9.17) is 0 Å². The van der Waals surface area contributed by atoms with Gasteiger partial charge in [0.1, 0.15) is 0 Å². The summed E-state index contributed by atoms with van der Waals surface area (Å²) in [4.78, 5) is 12.2. The predicted octanol–water partition coefficient (Wildman–Crippen LogP) is 1.54. The highest BCUT2D eigenvalue weighted by Crippen LogP contribution is 2.38. The maximum atomic E-state index is 12.2. The zero-order chi connectivity index (χ0) is 11.8. The van der Waals surface area contributed by atoms with E-state index < -0.39 is 0 Å². The second kappa shape index (κ2) is 4.60. The Morgan fingerprint density at radius 3 is 2.94 bits per heavy atom. The Morgan fingerprint density at radius 2 is 2.18 bits per heavy atom. The smallest absolute Gasteiger partial charge is 0.237 e. The summed E-state index contributed by atoms with van der Waals surface area (Å²) < 4.78 is 0. The average Bonchev–Trinajstić information content (AvgIpc) is 2.93. The summed E-state index contributed by atoms with van der Waals surface area (Å²) in [5.41, 5.74) is 0. The topological polar surface area (TPSA) is 41.1 Å². The molecule has 2 aliphatic carbocycles. The summed E-state index contributed by atoms with van der Waals surface area (Å²) in [5, 5.41) is 6.57. The molecule has 1 saturated heterocycles. The summed E-state index contributed by atoms with van der Waals surface area (Å²) >= 11 is 0. The van der Waals surface area contributed by atoms with Gasteiger partial charge in [-0.3, -0.25) is 4.79 Å². The van der Waals surface area contributed by atoms with Crippen LogP contribution >= 0.6 is 0 Å². The number of rotatable bonds is 4. The van der Waals surface area contributed by atoms with Gasteiger partial charge < -0.3 is 10.6 Å². The van der Waals surface area contributed by atoms with Crippen LogP contribution in [0.5, 0.6) is 0 Å². The fourth-order valence-electron chi connectivity index (χ4n) is 3.68. The number of nitrogens with one attached hydrogen (secondary N) is 2. The monoisotopic (exact) mass is 236 g/mol. The van der Waals surface area contributed by atoms with Gasteiger partial charge >= 0.3 is 0 Å². The molecule has 2 N–H and O–H groups in total. The zero-order valence-corrected chi connectivity index (χ0v) is 10.7. The molecule has 1 amide bonds. The molecule has 3 nitrogen and oxygen atoms in total. The number of hydrogen-bond donors (Lipinski definition) is 2. The molecule has 0 aromatic carbocycles. The molecule has 3 heteroatoms. The van der Waals surface area contributed by atoms with E-state index in [2.05, 4.69) is 17.6 Å². The highest BCUT2D eigenvalue weighted by atomic mass is 16.2. The minimum Gasteiger partial charge on any atom is -0.354 e. The molecule has 3 fully saturated rings. The first-order chi connectivity index (χ1) is 8.25. The van der Waals surface area contributed by atoms with Crippen LogP contribution in [-0.2, 0) is 4.79 Å². The Balaban J connectivity index is 1.48. The molecule has 0 aromatic heterocycles. The number of amides is 1. The van der Waals surface area contributed by atoms with Crippen LogP contribution in [0.4, 0.5) is 0 Å². The molecule has 0 bridgehead atoms. The predicted molar refractivity (Wildman–Crippen MR) is 67.5 cm³/mol. The van der Waals surface area contributed by atoms with Crippen LogP contribution in [0.15, 0.2) is 0 Å². The first kappa shape index (κ1) is 11.5. The Bertz CT molecular complexity index is 301. The molecule has 3 aliphatic rings. The lowest BCUT2D eigenvalue weighted by atomic mass is 9.93. The van der Waals surface area contributed by atoms with Crippen LogP contribution < -0.4 is 10.6 Å². The van der Waals surface area contributed by atoms with Gasteiger partial charge in [0, 0.05) is 6.54 Å². The third-order valence-electron chi connectivity index (χ3n) is 5.05. The Labute approximate surface area is 104 Å². The molecular weight excluding hydrogens is 212 g/mol. The van der Waals surface area contributed by atoms with Gasteiger partial charge in [0.05, 0.1) is 6.04 Å². The second-order valence-corrected chi connectivity index (χ2v) is 6.30. The SMILES string of the molecule is CC(CNC(=O)C1NCC2CCCC21)C1CC1. The van der Waals surface area contributed by atoms with E-state index in [1.165, 1.54) is 32.1 Å². The quantitative estimate of drug-likeness (QED) is 0.777. The van der Waals surface area contributed by atoms with Gasteiger partial charge in [-0.2, -0.15) is 0 Å². The van der Waals surface area contributed by atoms with Gasteiger partial charge in [-0.25, -0.2) is 0 Å². The maximum absolute atomic E-state index is 12.2. The van der Waals surface area contributed by atoms with Gasteiger partial charge in [-0.05, 0) is 55.9 Å². The standard InChI is InChI=1S/C14H24N2O/c1-9(10-5-6-10)7-16-14(17)13-12-4-2-3-11(12)8-15-13/h9-13,15H,2-8H2,1H3,(H,16,17). The van der Waals surface area contributed by atoms with E-state index in [0.29, 0.717) is 11.8 Å². The first-order valence-corrected chi connectivity index (χ1v) is 7.27. The van der Waals surface area contributed by atoms with E-state index in [9.17, 15) is 4.79 Å². The van der Waals surface area contributed by atoms with Crippen LogP contribution in [0.1, 0.15) is 39.0 Å². The molecule has 0 aromatic rings. The highest BCUT2D eigenvalue weighted by molar-refractivity contribution is 5.82. The lowest BCUT2D eigenvalue weighted by Gasteiger charge is -2.19. The fraction of sp³-hybridized carbons (Fsp3) is 0.929. The van der Waals surface area contributed by atoms with Crippen molar-refractivity contribution >= 4 is 5.91 Å². The molecular formula is C14H24N2O. The van der Waals surface area contributed by atoms with Gasteiger partial charge in [-0.1, -0.05) is 13.3 Å². The summed E-state index contributed by atoms with van der Waals surface area (Å²) in [6.45, 7) is 4.19. The molecule has 2 saturated carbocycles. The van der Waals surface area contributed by atoms with Crippen LogP contribution in [0.25, 0.3) is 0 Å². The zero-order valence-electron chi connectivity index (χ0n) is 10.7. The van der Waals surface area contributed by atoms with Crippen LogP contribution in [0.3, 0.4) is 0 Å². The van der Waals surface area contributed by atoms with Crippen molar-refractivity contribution in [2.75, 3.05) is 13.1 Å². The average molecular weight is 236 g/mol. The highest BCUT2D eigenvalue weighted by Gasteiger charge is 2.42. The van der Waals surface area contributed by atoms with Crippen molar-refractivity contribution in [2.45, 2.75) is 45.1 Å². The van der Waals surface area contributed by atoms with Crippen LogP contribution in [0, 0.1) is 23.7 Å². The summed E-state index contributed by atoms with van der Waals surface area (Å²) in [5.74, 6) is 3.19. The van der Waals surface area contributed by atoms with E-state index in [0.717, 1.165) is 24.9 Å². The number of fused-ring (bicyclic) bond motifs is 1. The van der Waals surface area contributed by atoms with Crippen LogP contribution in [0.2, 0.25) is 0 Å². The van der Waals surface area contributed by atoms with Crippen molar-refractivity contribution in [3.63, 3.8) is 0 Å². The minimum absolute atomic E-state index is 0.105. The largest absolute Gasteiger partial charge is 0.354 e. The lowest BCUT2D eigenvalue weighted by molar-refractivity contribution is -0.124. The number of hydrogen-bond acceptors (Lipinski definition) is 2. The molecule has 3 rings (SSSR count). The molecule has 4 atom stereocenters. The second-order valence-electron chi connectivity index (χ2n) is 6.30. The molecule has 0 spiro atoms. The third-order valence-corrected chi connectivity index (χ3v) is 5.05. The van der Waals surface area contributed by atoms with Crippen molar-refractivity contribution in [2.24, 2.45) is 23.7 Å². The van der Waals surface area contributed by atoms with E-state index in [-0.39, 0.29) is 11.9 Å². The van der Waals surface area contributed by atoms with Gasteiger partial charge in [0.15, 0.2) is 0 Å². The molecule has 17 heavy (non-hydrogen) atoms. The third kappa shape index (κ3) is 2.35. The Hall–Kier alpha value is -0.570. The van der Waals surface area contributed by atoms with Crippen molar-refractivity contribution in [3.05, 3.63) is 0 Å². The van der Waals surface area contributed by atoms with Crippen molar-refractivity contribution in [3.8, 4) is 0 Å². The molecule has 1 heterocycles. The van der Waals surface area contributed by atoms with Gasteiger partial charge in [-0.15, -0.1) is 0 Å². The van der Waals surface area contributed by atoms with E-state index in [1.807, 2.05) is 0 Å². The van der Waals surface area contributed by atoms with Crippen LogP contribution in [-0.4, -0.2) is 25.0 Å². The molecule has 0 radical (unpaired) electrons. The number of carbonyl (C=O) groups excluding carboxylic acids is 1. The van der Waals surface area contributed by atoms with Crippen molar-refractivity contribution < 1.29 is 4.79 Å². The summed E-state index contributed by atoms with van der Waals surface area (Å²) in [7, 11) is 0. The normalized spacial score (nSPS) is 37.8. The fourth-order valence-corrected chi connectivity index (χ4v) is 3.68. The Morgan fingerprint density at radius 1 is 1.35 bits per heavy atom. The summed E-state index contributed by atoms with van der Waals surface area (Å²) in [6.07, 6.45) is 6.61. The van der Waals surface area contributed by atoms with Crippen molar-refractivity contribution in [1.82, 2.24) is 10.6 Å². The molecule has 1 aliphatic heterocycles. The maximum Gasteiger partial charge on any atom is 0.237 e. The minimum atomic E-state index is 0.105. The lowest BCUT2D eigenvalue weighted by Crippen LogP contribution is -2.45. The molecule has 4 unspecified atom stereocenters. The van der Waals surface area contributed by atoms with Gasteiger partial charge in [0.25, 0.3) is 0 Å². The van der Waals surface area contributed by atoms with E-state index >= 15 is 0 Å². The van der Waals surface area contributed by atoms with Gasteiger partial charge in [0.2, 0.25) is 5.91 Å². The molecule has 96 valence electrons. The Kier molecular flexibility index (Phi) is 3.12. The summed E-state index contributed by atoms with van der Waals surface area (Å²) in [6, 6.07) is 0.105. The van der Waals surface area contributed by atoms with E-state index in [1.54, 1.807) is 0 Å². The van der Waals surface area contributed by atoms with Crippen molar-refractivity contribution in [1.29, 1.82) is 0 Å². The first-order valence-electron chi connectivity index (χ1n) is 7.27. The number of carbonyl (C=O) groups is 1.